The summed E-state index contributed by atoms with van der Waals surface area (Å²) in [6.07, 6.45) is 5.13. The van der Waals surface area contributed by atoms with Crippen molar-refractivity contribution in [3.8, 4) is 6.07 Å². The van der Waals surface area contributed by atoms with Crippen LogP contribution in [0.2, 0.25) is 0 Å². The summed E-state index contributed by atoms with van der Waals surface area (Å²) in [5, 5.41) is 19.6. The molecule has 0 spiro atoms. The van der Waals surface area contributed by atoms with Crippen LogP contribution in [0, 0.1) is 23.2 Å². The summed E-state index contributed by atoms with van der Waals surface area (Å²) in [5.74, 6) is 0.826. The van der Waals surface area contributed by atoms with Crippen molar-refractivity contribution >= 4 is 28.9 Å². The number of H-pyrrole nitrogens is 1. The maximum absolute atomic E-state index is 13.1. The van der Waals surface area contributed by atoms with Gasteiger partial charge in [-0.1, -0.05) is 17.3 Å². The van der Waals surface area contributed by atoms with Crippen LogP contribution in [0.4, 0.5) is 0 Å². The fourth-order valence-corrected chi connectivity index (χ4v) is 4.88. The Labute approximate surface area is 191 Å². The average Bonchev–Trinajstić information content (AvgIpc) is 3.44. The molecule has 0 unspecified atom stereocenters. The van der Waals surface area contributed by atoms with E-state index in [0.717, 1.165) is 37.0 Å². The predicted molar refractivity (Wildman–Crippen MR) is 123 cm³/mol. The molecule has 2 amide bonds. The van der Waals surface area contributed by atoms with Crippen molar-refractivity contribution in [2.45, 2.75) is 12.8 Å². The molecule has 0 saturated carbocycles. The maximum atomic E-state index is 13.1. The molecule has 0 bridgehead atoms. The molecule has 1 N–H and O–H groups in total. The van der Waals surface area contributed by atoms with Crippen LogP contribution in [0.1, 0.15) is 34.3 Å². The molecule has 2 aliphatic rings. The van der Waals surface area contributed by atoms with E-state index in [1.54, 1.807) is 30.4 Å². The van der Waals surface area contributed by atoms with E-state index in [9.17, 15) is 9.59 Å². The molecule has 0 aliphatic carbocycles. The number of aromatic nitrogens is 3. The Morgan fingerprint density at radius 1 is 1.06 bits per heavy atom. The summed E-state index contributed by atoms with van der Waals surface area (Å²) in [7, 11) is 0. The van der Waals surface area contributed by atoms with Gasteiger partial charge in [0.05, 0.1) is 17.1 Å². The molecule has 2 atom stereocenters. The lowest BCUT2D eigenvalue weighted by Gasteiger charge is -2.21. The van der Waals surface area contributed by atoms with E-state index < -0.39 is 0 Å². The summed E-state index contributed by atoms with van der Waals surface area (Å²) in [5.41, 5.74) is 3.56. The van der Waals surface area contributed by atoms with E-state index >= 15 is 0 Å². The number of rotatable bonds is 3. The predicted octanol–water partition coefficient (Wildman–Crippen LogP) is 2.85. The van der Waals surface area contributed by atoms with Gasteiger partial charge >= 0.3 is 0 Å². The Kier molecular flexibility index (Phi) is 5.61. The number of carbonyl (C=O) groups excluding carboxylic acids is 2. The number of likely N-dealkylation sites (tertiary alicyclic amines) is 2. The van der Waals surface area contributed by atoms with E-state index in [-0.39, 0.29) is 11.8 Å². The molecule has 1 aromatic heterocycles. The first-order chi connectivity index (χ1) is 16.1. The third kappa shape index (κ3) is 4.35. The van der Waals surface area contributed by atoms with Crippen molar-refractivity contribution in [3.05, 3.63) is 65.2 Å². The molecule has 3 heterocycles. The molecule has 166 valence electrons. The average molecular weight is 441 g/mol. The Hall–Kier alpha value is -3.99. The highest BCUT2D eigenvalue weighted by atomic mass is 16.2. The Balaban J connectivity index is 1.19. The lowest BCUT2D eigenvalue weighted by atomic mass is 9.92. The first kappa shape index (κ1) is 20.9. The second-order valence-corrected chi connectivity index (χ2v) is 8.75. The Morgan fingerprint density at radius 3 is 2.61 bits per heavy atom. The zero-order chi connectivity index (χ0) is 22.8. The van der Waals surface area contributed by atoms with E-state index in [1.165, 1.54) is 0 Å². The van der Waals surface area contributed by atoms with Gasteiger partial charge in [-0.25, -0.2) is 0 Å². The van der Waals surface area contributed by atoms with Gasteiger partial charge in [0.2, 0.25) is 5.91 Å². The van der Waals surface area contributed by atoms with Gasteiger partial charge in [-0.05, 0) is 66.6 Å². The van der Waals surface area contributed by atoms with Gasteiger partial charge in [-0.15, -0.1) is 5.10 Å². The third-order valence-electron chi connectivity index (χ3n) is 6.72. The van der Waals surface area contributed by atoms with Crippen molar-refractivity contribution in [1.82, 2.24) is 25.2 Å². The van der Waals surface area contributed by atoms with E-state index in [4.69, 9.17) is 5.26 Å². The molecule has 5 rings (SSSR count). The lowest BCUT2D eigenvalue weighted by Crippen LogP contribution is -2.33. The summed E-state index contributed by atoms with van der Waals surface area (Å²) in [4.78, 5) is 29.6. The highest BCUT2D eigenvalue weighted by molar-refractivity contribution is 5.97. The second-order valence-electron chi connectivity index (χ2n) is 8.75. The van der Waals surface area contributed by atoms with Crippen LogP contribution in [0.25, 0.3) is 17.1 Å². The van der Waals surface area contributed by atoms with Gasteiger partial charge in [0.1, 0.15) is 5.52 Å². The molecule has 2 aliphatic heterocycles. The number of benzene rings is 2. The minimum Gasteiger partial charge on any atom is -0.339 e. The highest BCUT2D eigenvalue weighted by Crippen LogP contribution is 2.33. The Bertz CT molecular complexity index is 1260. The lowest BCUT2D eigenvalue weighted by molar-refractivity contribution is -0.126. The smallest absolute Gasteiger partial charge is 0.253 e. The normalized spacial score (nSPS) is 20.6. The van der Waals surface area contributed by atoms with Crippen LogP contribution in [0.5, 0.6) is 0 Å². The monoisotopic (exact) mass is 440 g/mol. The van der Waals surface area contributed by atoms with Crippen molar-refractivity contribution in [3.63, 3.8) is 0 Å². The van der Waals surface area contributed by atoms with Crippen LogP contribution >= 0.6 is 0 Å². The van der Waals surface area contributed by atoms with E-state index in [1.807, 2.05) is 34.1 Å². The molecule has 2 fully saturated rings. The van der Waals surface area contributed by atoms with Crippen LogP contribution in [0.3, 0.4) is 0 Å². The number of nitriles is 1. The zero-order valence-electron chi connectivity index (χ0n) is 18.1. The molecule has 0 radical (unpaired) electrons. The standard InChI is InChI=1S/C25H24N6O2/c26-14-18-3-1-2-17(12-18)4-7-24(32)30-10-8-20-15-31(16-21(20)9-11-30)25(33)19-5-6-22-23(13-19)28-29-27-22/h1-7,12-13,20-21H,8-11,15-16H2,(H,27,28,29)/t20-,21+. The zero-order valence-corrected chi connectivity index (χ0v) is 18.1. The van der Waals surface area contributed by atoms with Gasteiger partial charge in [0.25, 0.3) is 5.91 Å². The van der Waals surface area contributed by atoms with Crippen LogP contribution in [-0.2, 0) is 4.79 Å². The SMILES string of the molecule is N#Cc1cccc(C=CC(=O)N2CC[C@@H]3CN(C(=O)c4ccc5[nH]nnc5c4)C[C@@H]3CC2)c1. The third-order valence-corrected chi connectivity index (χ3v) is 6.72. The Morgan fingerprint density at radius 2 is 1.85 bits per heavy atom. The number of nitrogens with zero attached hydrogens (tertiary/aromatic N) is 5. The molecular weight excluding hydrogens is 416 g/mol. The number of fused-ring (bicyclic) bond motifs is 2. The van der Waals surface area contributed by atoms with Crippen molar-refractivity contribution in [2.75, 3.05) is 26.2 Å². The highest BCUT2D eigenvalue weighted by Gasteiger charge is 2.37. The number of amides is 2. The van der Waals surface area contributed by atoms with Crippen molar-refractivity contribution in [1.29, 1.82) is 5.26 Å². The number of aromatic amines is 1. The molecule has 3 aromatic rings. The first-order valence-corrected chi connectivity index (χ1v) is 11.2. The van der Waals surface area contributed by atoms with Crippen molar-refractivity contribution < 1.29 is 9.59 Å². The minimum absolute atomic E-state index is 0.00817. The van der Waals surface area contributed by atoms with E-state index in [0.29, 0.717) is 41.6 Å². The second kappa shape index (κ2) is 8.87. The number of hydrogen-bond donors (Lipinski definition) is 1. The summed E-state index contributed by atoms with van der Waals surface area (Å²) in [6.45, 7) is 2.82. The van der Waals surface area contributed by atoms with Crippen molar-refractivity contribution in [2.24, 2.45) is 11.8 Å². The largest absolute Gasteiger partial charge is 0.339 e. The first-order valence-electron chi connectivity index (χ1n) is 11.2. The number of carbonyl (C=O) groups is 2. The van der Waals surface area contributed by atoms with Crippen LogP contribution in [-0.4, -0.2) is 63.2 Å². The molecule has 8 heteroatoms. The van der Waals surface area contributed by atoms with Gasteiger partial charge in [0, 0.05) is 37.8 Å². The quantitative estimate of drug-likeness (QED) is 0.631. The number of hydrogen-bond acceptors (Lipinski definition) is 5. The van der Waals surface area contributed by atoms with Crippen LogP contribution in [0.15, 0.2) is 48.5 Å². The number of nitrogens with one attached hydrogen (secondary N) is 1. The molecule has 8 nitrogen and oxygen atoms in total. The summed E-state index contributed by atoms with van der Waals surface area (Å²) in [6, 6.07) is 14.8. The maximum Gasteiger partial charge on any atom is 0.253 e. The summed E-state index contributed by atoms with van der Waals surface area (Å²) >= 11 is 0. The molecule has 2 aromatic carbocycles. The fraction of sp³-hybridized carbons (Fsp3) is 0.320. The van der Waals surface area contributed by atoms with E-state index in [2.05, 4.69) is 21.5 Å². The fourth-order valence-electron chi connectivity index (χ4n) is 4.88. The summed E-state index contributed by atoms with van der Waals surface area (Å²) < 4.78 is 0. The van der Waals surface area contributed by atoms with Gasteiger partial charge in [-0.3, -0.25) is 14.7 Å². The van der Waals surface area contributed by atoms with Gasteiger partial charge in [0.15, 0.2) is 0 Å². The molecular formula is C25H24N6O2. The van der Waals surface area contributed by atoms with Crippen LogP contribution < -0.4 is 0 Å². The van der Waals surface area contributed by atoms with Gasteiger partial charge in [-0.2, -0.15) is 5.26 Å². The minimum atomic E-state index is -0.00817. The topological polar surface area (TPSA) is 106 Å². The van der Waals surface area contributed by atoms with Gasteiger partial charge < -0.3 is 9.80 Å². The molecule has 2 saturated heterocycles. The molecule has 33 heavy (non-hydrogen) atoms.